The van der Waals surface area contributed by atoms with E-state index in [1.807, 2.05) is 44.3 Å². The van der Waals surface area contributed by atoms with E-state index in [4.69, 9.17) is 0 Å². The zero-order valence-electron chi connectivity index (χ0n) is 9.40. The van der Waals surface area contributed by atoms with Crippen molar-refractivity contribution in [2.45, 2.75) is 13.8 Å². The Morgan fingerprint density at radius 1 is 1.06 bits per heavy atom. The van der Waals surface area contributed by atoms with Crippen LogP contribution < -0.4 is 0 Å². The van der Waals surface area contributed by atoms with Crippen LogP contribution >= 0.6 is 0 Å². The number of carbonyl (C=O) groups is 1. The molecular weight excluding hydrogens is 198 g/mol. The summed E-state index contributed by atoms with van der Waals surface area (Å²) >= 11 is 0. The van der Waals surface area contributed by atoms with Gasteiger partial charge in [-0.2, -0.15) is 0 Å². The Balaban J connectivity index is 2.51. The number of aryl methyl sites for hydroxylation is 2. The number of nitrogens with zero attached hydrogens (tertiary/aromatic N) is 1. The maximum Gasteiger partial charge on any atom is 0.150 e. The number of hydrogen-bond acceptors (Lipinski definition) is 2. The van der Waals surface area contributed by atoms with Crippen molar-refractivity contribution in [3.05, 3.63) is 53.3 Å². The van der Waals surface area contributed by atoms with E-state index < -0.39 is 0 Å². The van der Waals surface area contributed by atoms with Crippen LogP contribution in [0, 0.1) is 13.8 Å². The maximum absolute atomic E-state index is 10.8. The lowest BCUT2D eigenvalue weighted by Gasteiger charge is -2.04. The molecule has 16 heavy (non-hydrogen) atoms. The summed E-state index contributed by atoms with van der Waals surface area (Å²) in [6.07, 6.45) is 2.71. The zero-order chi connectivity index (χ0) is 11.5. The molecule has 0 spiro atoms. The molecule has 0 fully saturated rings. The lowest BCUT2D eigenvalue weighted by Crippen LogP contribution is -1.87. The number of rotatable bonds is 2. The Morgan fingerprint density at radius 3 is 2.50 bits per heavy atom. The first-order valence-corrected chi connectivity index (χ1v) is 5.19. The lowest BCUT2D eigenvalue weighted by molar-refractivity contribution is 0.112. The first-order valence-electron chi connectivity index (χ1n) is 5.19. The summed E-state index contributed by atoms with van der Waals surface area (Å²) in [7, 11) is 0. The first-order chi connectivity index (χ1) is 7.69. The van der Waals surface area contributed by atoms with Gasteiger partial charge in [0.15, 0.2) is 0 Å². The molecular formula is C14H13NO. The molecule has 0 aliphatic heterocycles. The van der Waals surface area contributed by atoms with Gasteiger partial charge in [-0.25, -0.2) is 0 Å². The van der Waals surface area contributed by atoms with Crippen LogP contribution in [0.1, 0.15) is 21.6 Å². The molecule has 0 bridgehead atoms. The molecule has 0 saturated carbocycles. The van der Waals surface area contributed by atoms with E-state index >= 15 is 0 Å². The van der Waals surface area contributed by atoms with Gasteiger partial charge in [0, 0.05) is 23.0 Å². The molecule has 0 amide bonds. The molecule has 0 unspecified atom stereocenters. The van der Waals surface area contributed by atoms with Crippen LogP contribution in [0.4, 0.5) is 0 Å². The second-order valence-corrected chi connectivity index (χ2v) is 3.94. The van der Waals surface area contributed by atoms with Crippen LogP contribution in [0.25, 0.3) is 11.1 Å². The largest absolute Gasteiger partial charge is 0.298 e. The molecule has 2 rings (SSSR count). The van der Waals surface area contributed by atoms with Gasteiger partial charge in [-0.15, -0.1) is 0 Å². The minimum atomic E-state index is 0.704. The van der Waals surface area contributed by atoms with Crippen molar-refractivity contribution >= 4 is 6.29 Å². The Bertz CT molecular complexity index is 515. The van der Waals surface area contributed by atoms with Crippen molar-refractivity contribution in [1.29, 1.82) is 0 Å². The summed E-state index contributed by atoms with van der Waals surface area (Å²) < 4.78 is 0. The van der Waals surface area contributed by atoms with E-state index in [0.29, 0.717) is 5.56 Å². The van der Waals surface area contributed by atoms with Crippen molar-refractivity contribution in [3.63, 3.8) is 0 Å². The predicted octanol–water partition coefficient (Wildman–Crippen LogP) is 3.18. The molecule has 80 valence electrons. The number of aldehydes is 1. The van der Waals surface area contributed by atoms with Crippen LogP contribution in [0.5, 0.6) is 0 Å². The fourth-order valence-electron chi connectivity index (χ4n) is 1.69. The Hall–Kier alpha value is -1.96. The second kappa shape index (κ2) is 4.27. The van der Waals surface area contributed by atoms with Crippen LogP contribution in [0.15, 0.2) is 36.5 Å². The van der Waals surface area contributed by atoms with Crippen LogP contribution in [-0.2, 0) is 0 Å². The number of pyridine rings is 1. The highest BCUT2D eigenvalue weighted by molar-refractivity contribution is 5.79. The average Bonchev–Trinajstić information content (AvgIpc) is 2.29. The van der Waals surface area contributed by atoms with Crippen molar-refractivity contribution < 1.29 is 4.79 Å². The molecule has 0 aliphatic carbocycles. The lowest BCUT2D eigenvalue weighted by atomic mass is 10.0. The fourth-order valence-corrected chi connectivity index (χ4v) is 1.69. The van der Waals surface area contributed by atoms with Gasteiger partial charge in [0.1, 0.15) is 6.29 Å². The molecule has 2 heteroatoms. The Labute approximate surface area is 95.0 Å². The molecule has 1 aromatic heterocycles. The third-order valence-electron chi connectivity index (χ3n) is 2.48. The smallest absolute Gasteiger partial charge is 0.150 e. The van der Waals surface area contributed by atoms with Crippen LogP contribution in [0.3, 0.4) is 0 Å². The number of carbonyl (C=O) groups excluding carboxylic acids is 1. The van der Waals surface area contributed by atoms with E-state index in [9.17, 15) is 4.79 Å². The van der Waals surface area contributed by atoms with E-state index in [1.54, 1.807) is 0 Å². The number of benzene rings is 1. The molecule has 0 atom stereocenters. The van der Waals surface area contributed by atoms with Gasteiger partial charge < -0.3 is 0 Å². The van der Waals surface area contributed by atoms with Crippen LogP contribution in [0.2, 0.25) is 0 Å². The average molecular weight is 211 g/mol. The maximum atomic E-state index is 10.8. The number of aromatic nitrogens is 1. The first kappa shape index (κ1) is 10.6. The van der Waals surface area contributed by atoms with Gasteiger partial charge in [0.2, 0.25) is 0 Å². The molecule has 0 saturated heterocycles. The minimum absolute atomic E-state index is 0.704. The summed E-state index contributed by atoms with van der Waals surface area (Å²) in [5.74, 6) is 0. The molecule has 1 aromatic carbocycles. The van der Waals surface area contributed by atoms with Gasteiger partial charge >= 0.3 is 0 Å². The molecule has 2 aromatic rings. The normalized spacial score (nSPS) is 10.1. The fraction of sp³-hybridized carbons (Fsp3) is 0.143. The number of hydrogen-bond donors (Lipinski definition) is 0. The molecule has 0 aliphatic rings. The third-order valence-corrected chi connectivity index (χ3v) is 2.48. The third kappa shape index (κ3) is 2.16. The van der Waals surface area contributed by atoms with Crippen molar-refractivity contribution in [2.24, 2.45) is 0 Å². The minimum Gasteiger partial charge on any atom is -0.298 e. The summed E-state index contributed by atoms with van der Waals surface area (Å²) in [5.41, 5.74) is 4.86. The van der Waals surface area contributed by atoms with E-state index in [0.717, 1.165) is 28.7 Å². The van der Waals surface area contributed by atoms with Gasteiger partial charge in [-0.1, -0.05) is 12.1 Å². The molecule has 0 radical (unpaired) electrons. The summed E-state index contributed by atoms with van der Waals surface area (Å²) in [6, 6.07) is 9.80. The quantitative estimate of drug-likeness (QED) is 0.714. The zero-order valence-corrected chi connectivity index (χ0v) is 9.40. The Kier molecular flexibility index (Phi) is 2.82. The SMILES string of the molecule is Cc1cc(C=O)cc(-c2ccc(C)nc2)c1. The van der Waals surface area contributed by atoms with Gasteiger partial charge in [-0.3, -0.25) is 9.78 Å². The van der Waals surface area contributed by atoms with Crippen molar-refractivity contribution in [3.8, 4) is 11.1 Å². The summed E-state index contributed by atoms with van der Waals surface area (Å²) in [4.78, 5) is 15.0. The van der Waals surface area contributed by atoms with Gasteiger partial charge in [-0.05, 0) is 43.2 Å². The van der Waals surface area contributed by atoms with Crippen molar-refractivity contribution in [1.82, 2.24) is 4.98 Å². The standard InChI is InChI=1S/C14H13NO/c1-10-5-12(9-16)7-14(6-10)13-4-3-11(2)15-8-13/h3-9H,1-2H3. The van der Waals surface area contributed by atoms with E-state index in [-0.39, 0.29) is 0 Å². The van der Waals surface area contributed by atoms with Gasteiger partial charge in [0.05, 0.1) is 0 Å². The highest BCUT2D eigenvalue weighted by atomic mass is 16.1. The van der Waals surface area contributed by atoms with Crippen molar-refractivity contribution in [2.75, 3.05) is 0 Å². The topological polar surface area (TPSA) is 30.0 Å². The monoisotopic (exact) mass is 211 g/mol. The van der Waals surface area contributed by atoms with E-state index in [2.05, 4.69) is 11.1 Å². The van der Waals surface area contributed by atoms with Crippen LogP contribution in [-0.4, -0.2) is 11.3 Å². The summed E-state index contributed by atoms with van der Waals surface area (Å²) in [6.45, 7) is 3.94. The molecule has 1 heterocycles. The Morgan fingerprint density at radius 2 is 1.88 bits per heavy atom. The summed E-state index contributed by atoms with van der Waals surface area (Å²) in [5, 5.41) is 0. The van der Waals surface area contributed by atoms with E-state index in [1.165, 1.54) is 0 Å². The molecule has 0 N–H and O–H groups in total. The highest BCUT2D eigenvalue weighted by Gasteiger charge is 2.01. The van der Waals surface area contributed by atoms with Gasteiger partial charge in [0.25, 0.3) is 0 Å². The highest BCUT2D eigenvalue weighted by Crippen LogP contribution is 2.21. The molecule has 2 nitrogen and oxygen atoms in total. The predicted molar refractivity (Wildman–Crippen MR) is 64.5 cm³/mol. The second-order valence-electron chi connectivity index (χ2n) is 3.94.